The largest absolute Gasteiger partial charge is 0.495 e. The van der Waals surface area contributed by atoms with E-state index in [2.05, 4.69) is 5.32 Å². The molecule has 3 rings (SSSR count). The summed E-state index contributed by atoms with van der Waals surface area (Å²) in [5, 5.41) is 2.76. The van der Waals surface area contributed by atoms with E-state index in [9.17, 15) is 18.0 Å². The van der Waals surface area contributed by atoms with Crippen molar-refractivity contribution in [2.24, 2.45) is 0 Å². The molecule has 9 heteroatoms. The number of carbonyl (C=O) groups excluding carboxylic acids is 2. The third-order valence-corrected chi connectivity index (χ3v) is 6.41. The minimum atomic E-state index is -3.78. The van der Waals surface area contributed by atoms with Crippen LogP contribution in [0, 0.1) is 6.92 Å². The maximum atomic E-state index is 12.9. The second-order valence-corrected chi connectivity index (χ2v) is 9.45. The van der Waals surface area contributed by atoms with Crippen molar-refractivity contribution >= 4 is 38.9 Å². The Morgan fingerprint density at radius 3 is 2.42 bits per heavy atom. The van der Waals surface area contributed by atoms with Crippen LogP contribution in [0.4, 0.5) is 17.1 Å². The molecule has 1 fully saturated rings. The van der Waals surface area contributed by atoms with E-state index < -0.39 is 22.0 Å². The molecule has 1 N–H and O–H groups in total. The highest BCUT2D eigenvalue weighted by Gasteiger charge is 2.31. The van der Waals surface area contributed by atoms with Crippen LogP contribution in [-0.2, 0) is 19.6 Å². The van der Waals surface area contributed by atoms with Gasteiger partial charge in [-0.3, -0.25) is 13.9 Å². The number of amides is 2. The van der Waals surface area contributed by atoms with Gasteiger partial charge in [-0.05, 0) is 62.2 Å². The number of nitrogens with one attached hydrogen (secondary N) is 1. The number of hydrogen-bond acceptors (Lipinski definition) is 5. The van der Waals surface area contributed by atoms with Crippen LogP contribution in [0.25, 0.3) is 0 Å². The van der Waals surface area contributed by atoms with Crippen molar-refractivity contribution < 1.29 is 22.7 Å². The van der Waals surface area contributed by atoms with E-state index >= 15 is 0 Å². The molecule has 8 nitrogen and oxygen atoms in total. The van der Waals surface area contributed by atoms with Gasteiger partial charge in [-0.1, -0.05) is 6.07 Å². The number of rotatable bonds is 7. The Hall–Kier alpha value is -3.07. The summed E-state index contributed by atoms with van der Waals surface area (Å²) in [4.78, 5) is 26.5. The van der Waals surface area contributed by atoms with Crippen LogP contribution in [0.5, 0.6) is 5.75 Å². The Balaban J connectivity index is 1.83. The van der Waals surface area contributed by atoms with Gasteiger partial charge in [0.05, 0.1) is 19.1 Å². The number of benzene rings is 2. The molecule has 1 aliphatic rings. The van der Waals surface area contributed by atoms with Crippen molar-refractivity contribution in [3.63, 3.8) is 0 Å². The Morgan fingerprint density at radius 1 is 1.19 bits per heavy atom. The van der Waals surface area contributed by atoms with Gasteiger partial charge in [-0.2, -0.15) is 0 Å². The van der Waals surface area contributed by atoms with E-state index in [0.29, 0.717) is 30.1 Å². The number of hydrogen-bond donors (Lipinski definition) is 1. The molecular weight excluding hydrogens is 418 g/mol. The van der Waals surface area contributed by atoms with Gasteiger partial charge < -0.3 is 15.0 Å². The average Bonchev–Trinajstić information content (AvgIpc) is 3.13. The van der Waals surface area contributed by atoms with E-state index in [1.807, 2.05) is 6.92 Å². The highest BCUT2D eigenvalue weighted by molar-refractivity contribution is 7.92. The van der Waals surface area contributed by atoms with Crippen LogP contribution in [-0.4, -0.2) is 46.2 Å². The molecule has 0 unspecified atom stereocenters. The molecule has 2 aromatic rings. The van der Waals surface area contributed by atoms with Gasteiger partial charge in [0.2, 0.25) is 21.8 Å². The number of methoxy groups -OCH3 is 1. The minimum Gasteiger partial charge on any atom is -0.495 e. The van der Waals surface area contributed by atoms with Gasteiger partial charge in [-0.15, -0.1) is 0 Å². The summed E-state index contributed by atoms with van der Waals surface area (Å²) in [6.07, 6.45) is 2.43. The van der Waals surface area contributed by atoms with Crippen LogP contribution >= 0.6 is 0 Å². The lowest BCUT2D eigenvalue weighted by atomic mass is 10.2. The molecule has 0 saturated carbocycles. The van der Waals surface area contributed by atoms with Crippen molar-refractivity contribution in [2.75, 3.05) is 34.4 Å². The third-order valence-electron chi connectivity index (χ3n) is 5.18. The summed E-state index contributed by atoms with van der Waals surface area (Å²) in [5.74, 6) is -0.0457. The number of anilines is 3. The second kappa shape index (κ2) is 8.97. The van der Waals surface area contributed by atoms with E-state index in [0.717, 1.165) is 28.2 Å². The first kappa shape index (κ1) is 22.6. The molecule has 0 aromatic heterocycles. The molecule has 0 aliphatic carbocycles. The maximum Gasteiger partial charge on any atom is 0.247 e. The van der Waals surface area contributed by atoms with Crippen molar-refractivity contribution in [3.05, 3.63) is 48.0 Å². The van der Waals surface area contributed by atoms with Crippen molar-refractivity contribution in [3.8, 4) is 5.75 Å². The number of carbonyl (C=O) groups is 2. The van der Waals surface area contributed by atoms with Gasteiger partial charge in [0, 0.05) is 24.3 Å². The van der Waals surface area contributed by atoms with E-state index in [-0.39, 0.29) is 5.91 Å². The molecule has 0 radical (unpaired) electrons. The molecule has 1 saturated heterocycles. The van der Waals surface area contributed by atoms with Gasteiger partial charge in [-0.25, -0.2) is 8.42 Å². The fourth-order valence-electron chi connectivity index (χ4n) is 3.65. The molecule has 2 amide bonds. The molecule has 1 aliphatic heterocycles. The lowest BCUT2D eigenvalue weighted by Gasteiger charge is -2.29. The van der Waals surface area contributed by atoms with Gasteiger partial charge >= 0.3 is 0 Å². The van der Waals surface area contributed by atoms with Gasteiger partial charge in [0.1, 0.15) is 11.8 Å². The molecule has 166 valence electrons. The van der Waals surface area contributed by atoms with Crippen LogP contribution in [0.15, 0.2) is 42.5 Å². The zero-order valence-corrected chi connectivity index (χ0v) is 18.9. The minimum absolute atomic E-state index is 0.0845. The first-order valence-corrected chi connectivity index (χ1v) is 11.8. The molecule has 1 heterocycles. The maximum absolute atomic E-state index is 12.9. The summed E-state index contributed by atoms with van der Waals surface area (Å²) in [5.41, 5.74) is 2.42. The van der Waals surface area contributed by atoms with Gasteiger partial charge in [0.25, 0.3) is 0 Å². The Kier molecular flexibility index (Phi) is 6.54. The zero-order valence-electron chi connectivity index (χ0n) is 18.1. The Bertz CT molecular complexity index is 1080. The quantitative estimate of drug-likeness (QED) is 0.707. The summed E-state index contributed by atoms with van der Waals surface area (Å²) >= 11 is 0. The van der Waals surface area contributed by atoms with Crippen molar-refractivity contribution in [1.82, 2.24) is 0 Å². The highest BCUT2D eigenvalue weighted by atomic mass is 32.2. The Morgan fingerprint density at radius 2 is 1.87 bits per heavy atom. The van der Waals surface area contributed by atoms with E-state index in [1.54, 1.807) is 47.4 Å². The van der Waals surface area contributed by atoms with E-state index in [1.165, 1.54) is 14.0 Å². The first-order valence-electron chi connectivity index (χ1n) is 9.97. The highest BCUT2D eigenvalue weighted by Crippen LogP contribution is 2.33. The first-order chi connectivity index (χ1) is 14.6. The summed E-state index contributed by atoms with van der Waals surface area (Å²) in [6.45, 7) is 4.04. The predicted molar refractivity (Wildman–Crippen MR) is 121 cm³/mol. The normalized spacial score (nSPS) is 15.0. The second-order valence-electron chi connectivity index (χ2n) is 7.60. The lowest BCUT2D eigenvalue weighted by Crippen LogP contribution is -2.45. The Labute approximate surface area is 182 Å². The third kappa shape index (κ3) is 4.99. The smallest absolute Gasteiger partial charge is 0.247 e. The zero-order chi connectivity index (χ0) is 22.8. The number of ether oxygens (including phenoxy) is 1. The van der Waals surface area contributed by atoms with Gasteiger partial charge in [0.15, 0.2) is 0 Å². The molecule has 0 spiro atoms. The van der Waals surface area contributed by atoms with Crippen LogP contribution < -0.4 is 19.3 Å². The average molecular weight is 446 g/mol. The summed E-state index contributed by atoms with van der Waals surface area (Å²) in [7, 11) is -2.33. The molecule has 1 atom stereocenters. The van der Waals surface area contributed by atoms with E-state index in [4.69, 9.17) is 4.74 Å². The molecule has 31 heavy (non-hydrogen) atoms. The SMILES string of the molecule is COc1ccc(C)cc1N([C@H](C)C(=O)Nc1ccc(N2CCCC2=O)cc1)S(C)(=O)=O. The van der Waals surface area contributed by atoms with Crippen molar-refractivity contribution in [2.45, 2.75) is 32.7 Å². The van der Waals surface area contributed by atoms with Crippen LogP contribution in [0.2, 0.25) is 0 Å². The molecule has 2 aromatic carbocycles. The van der Waals surface area contributed by atoms with Crippen LogP contribution in [0.1, 0.15) is 25.3 Å². The fraction of sp³-hybridized carbons (Fsp3) is 0.364. The fourth-order valence-corrected chi connectivity index (χ4v) is 4.82. The number of sulfonamides is 1. The monoisotopic (exact) mass is 445 g/mol. The number of aryl methyl sites for hydroxylation is 1. The topological polar surface area (TPSA) is 96.0 Å². The van der Waals surface area contributed by atoms with Crippen molar-refractivity contribution in [1.29, 1.82) is 0 Å². The lowest BCUT2D eigenvalue weighted by molar-refractivity contribution is -0.117. The number of nitrogens with zero attached hydrogens (tertiary/aromatic N) is 2. The summed E-state index contributed by atoms with van der Waals surface area (Å²) in [6, 6.07) is 11.1. The predicted octanol–water partition coefficient (Wildman–Crippen LogP) is 2.92. The van der Waals surface area contributed by atoms with Crippen LogP contribution in [0.3, 0.4) is 0 Å². The summed E-state index contributed by atoms with van der Waals surface area (Å²) < 4.78 is 31.6. The standard InChI is InChI=1S/C22H27N3O5S/c1-15-7-12-20(30-3)19(14-15)25(31(4,28)29)16(2)22(27)23-17-8-10-18(11-9-17)24-13-5-6-21(24)26/h7-12,14,16H,5-6,13H2,1-4H3,(H,23,27)/t16-/m1/s1. The molecule has 0 bridgehead atoms. The molecular formula is C22H27N3O5S.